The molecule has 1 heterocycles. The van der Waals surface area contributed by atoms with Crippen LogP contribution >= 0.6 is 0 Å². The number of rotatable bonds is 7. The first kappa shape index (κ1) is 19.6. The second-order valence-corrected chi connectivity index (χ2v) is 7.04. The number of hydrogen-bond donors (Lipinski definition) is 0. The zero-order valence-corrected chi connectivity index (χ0v) is 16.2. The maximum Gasteiger partial charge on any atom is 0.329 e. The predicted octanol–water partition coefficient (Wildman–Crippen LogP) is 3.24. The van der Waals surface area contributed by atoms with Crippen LogP contribution in [0.15, 0.2) is 48.5 Å². The van der Waals surface area contributed by atoms with E-state index < -0.39 is 23.8 Å². The van der Waals surface area contributed by atoms with E-state index in [9.17, 15) is 14.4 Å². The molecule has 0 spiro atoms. The van der Waals surface area contributed by atoms with Crippen LogP contribution in [0, 0.1) is 12.8 Å². The minimum atomic E-state index is -0.980. The van der Waals surface area contributed by atoms with Crippen molar-refractivity contribution in [2.45, 2.75) is 26.8 Å². The number of imide groups is 1. The van der Waals surface area contributed by atoms with Gasteiger partial charge in [0.1, 0.15) is 25.0 Å². The van der Waals surface area contributed by atoms with Gasteiger partial charge in [-0.25, -0.2) is 4.79 Å². The lowest BCUT2D eigenvalue weighted by atomic mass is 10.0. The zero-order valence-electron chi connectivity index (χ0n) is 16.2. The van der Waals surface area contributed by atoms with Crippen LogP contribution in [-0.2, 0) is 9.53 Å². The van der Waals surface area contributed by atoms with E-state index in [4.69, 9.17) is 9.47 Å². The van der Waals surface area contributed by atoms with Crippen molar-refractivity contribution >= 4 is 17.8 Å². The number of benzene rings is 2. The normalized spacial score (nSPS) is 14.2. The Balaban J connectivity index is 1.62. The standard InChI is InChI=1S/C22H23NO5/c1-14(2)19(23-20(24)17-6-4-5-7-18(17)21(23)25)22(26)28-13-12-27-16-10-8-15(3)9-11-16/h4-11,14,19H,12-13H2,1-3H3. The van der Waals surface area contributed by atoms with Crippen LogP contribution in [0.5, 0.6) is 5.75 Å². The van der Waals surface area contributed by atoms with Gasteiger partial charge in [-0.15, -0.1) is 0 Å². The molecule has 2 aromatic rings. The molecule has 0 saturated carbocycles. The summed E-state index contributed by atoms with van der Waals surface area (Å²) in [5, 5.41) is 0. The molecule has 0 bridgehead atoms. The van der Waals surface area contributed by atoms with Crippen LogP contribution in [0.3, 0.4) is 0 Å². The highest BCUT2D eigenvalue weighted by atomic mass is 16.6. The fourth-order valence-electron chi connectivity index (χ4n) is 3.16. The molecule has 6 nitrogen and oxygen atoms in total. The predicted molar refractivity (Wildman–Crippen MR) is 103 cm³/mol. The first-order valence-electron chi connectivity index (χ1n) is 9.23. The zero-order chi connectivity index (χ0) is 20.3. The Morgan fingerprint density at radius 1 is 0.929 bits per heavy atom. The van der Waals surface area contributed by atoms with Crippen molar-refractivity contribution in [2.75, 3.05) is 13.2 Å². The van der Waals surface area contributed by atoms with Gasteiger partial charge in [0.05, 0.1) is 11.1 Å². The van der Waals surface area contributed by atoms with Crippen molar-refractivity contribution in [3.63, 3.8) is 0 Å². The van der Waals surface area contributed by atoms with Gasteiger partial charge < -0.3 is 9.47 Å². The number of carbonyl (C=O) groups is 3. The average Bonchev–Trinajstić information content (AvgIpc) is 2.92. The van der Waals surface area contributed by atoms with E-state index in [0.29, 0.717) is 16.9 Å². The molecular weight excluding hydrogens is 358 g/mol. The average molecular weight is 381 g/mol. The Hall–Kier alpha value is -3.15. The fourth-order valence-corrected chi connectivity index (χ4v) is 3.16. The van der Waals surface area contributed by atoms with Crippen molar-refractivity contribution in [1.82, 2.24) is 4.90 Å². The molecule has 0 fully saturated rings. The monoisotopic (exact) mass is 381 g/mol. The Labute approximate surface area is 164 Å². The summed E-state index contributed by atoms with van der Waals surface area (Å²) in [6.07, 6.45) is 0. The van der Waals surface area contributed by atoms with Crippen molar-refractivity contribution in [2.24, 2.45) is 5.92 Å². The van der Waals surface area contributed by atoms with E-state index in [2.05, 4.69) is 0 Å². The van der Waals surface area contributed by atoms with Gasteiger partial charge >= 0.3 is 5.97 Å². The summed E-state index contributed by atoms with van der Waals surface area (Å²) in [4.78, 5) is 39.0. The quantitative estimate of drug-likeness (QED) is 0.418. The number of amides is 2. The molecule has 0 saturated heterocycles. The smallest absolute Gasteiger partial charge is 0.329 e. The lowest BCUT2D eigenvalue weighted by molar-refractivity contribution is -0.150. The molecule has 2 aromatic carbocycles. The Morgan fingerprint density at radius 2 is 1.50 bits per heavy atom. The Kier molecular flexibility index (Phi) is 5.78. The molecule has 3 rings (SSSR count). The highest BCUT2D eigenvalue weighted by molar-refractivity contribution is 6.22. The highest BCUT2D eigenvalue weighted by Crippen LogP contribution is 2.27. The summed E-state index contributed by atoms with van der Waals surface area (Å²) < 4.78 is 10.9. The van der Waals surface area contributed by atoms with Gasteiger partial charge in [0, 0.05) is 0 Å². The SMILES string of the molecule is Cc1ccc(OCCOC(=O)C(C(C)C)N2C(=O)c3ccccc3C2=O)cc1. The van der Waals surface area contributed by atoms with Gasteiger partial charge in [0.15, 0.2) is 0 Å². The summed E-state index contributed by atoms with van der Waals surface area (Å²) in [6, 6.07) is 13.1. The number of hydrogen-bond acceptors (Lipinski definition) is 5. The minimum absolute atomic E-state index is 0.0269. The summed E-state index contributed by atoms with van der Waals surface area (Å²) in [6.45, 7) is 5.74. The summed E-state index contributed by atoms with van der Waals surface area (Å²) in [5.41, 5.74) is 1.75. The molecular formula is C22H23NO5. The first-order valence-corrected chi connectivity index (χ1v) is 9.23. The summed E-state index contributed by atoms with van der Waals surface area (Å²) >= 11 is 0. The summed E-state index contributed by atoms with van der Waals surface area (Å²) in [7, 11) is 0. The molecule has 146 valence electrons. The summed E-state index contributed by atoms with van der Waals surface area (Å²) in [5.74, 6) is -1.15. The van der Waals surface area contributed by atoms with Gasteiger partial charge in [0.25, 0.3) is 11.8 Å². The molecule has 1 unspecified atom stereocenters. The second kappa shape index (κ2) is 8.25. The van der Waals surface area contributed by atoms with Crippen molar-refractivity contribution < 1.29 is 23.9 Å². The third-order valence-corrected chi connectivity index (χ3v) is 4.59. The first-order chi connectivity index (χ1) is 13.4. The number of nitrogens with zero attached hydrogens (tertiary/aromatic N) is 1. The number of fused-ring (bicyclic) bond motifs is 1. The van der Waals surface area contributed by atoms with Crippen molar-refractivity contribution in [1.29, 1.82) is 0 Å². The highest BCUT2D eigenvalue weighted by Gasteiger charge is 2.44. The molecule has 0 radical (unpaired) electrons. The van der Waals surface area contributed by atoms with Crippen LogP contribution in [0.25, 0.3) is 0 Å². The van der Waals surface area contributed by atoms with E-state index in [-0.39, 0.29) is 19.1 Å². The lowest BCUT2D eigenvalue weighted by Gasteiger charge is -2.27. The molecule has 0 aliphatic carbocycles. The minimum Gasteiger partial charge on any atom is -0.490 e. The van der Waals surface area contributed by atoms with Crippen LogP contribution in [0.1, 0.15) is 40.1 Å². The third kappa shape index (κ3) is 3.91. The molecule has 1 aliphatic rings. The van der Waals surface area contributed by atoms with Gasteiger partial charge in [-0.1, -0.05) is 43.7 Å². The largest absolute Gasteiger partial charge is 0.490 e. The van der Waals surface area contributed by atoms with Crippen LogP contribution < -0.4 is 4.74 Å². The van der Waals surface area contributed by atoms with Crippen LogP contribution in [0.2, 0.25) is 0 Å². The van der Waals surface area contributed by atoms with Gasteiger partial charge in [-0.05, 0) is 37.1 Å². The topological polar surface area (TPSA) is 72.9 Å². The van der Waals surface area contributed by atoms with E-state index in [1.807, 2.05) is 31.2 Å². The van der Waals surface area contributed by atoms with Gasteiger partial charge in [0.2, 0.25) is 0 Å². The number of aryl methyl sites for hydroxylation is 1. The Bertz CT molecular complexity index is 853. The van der Waals surface area contributed by atoms with Crippen molar-refractivity contribution in [3.05, 3.63) is 65.2 Å². The molecule has 1 aliphatic heterocycles. The maximum absolute atomic E-state index is 12.7. The second-order valence-electron chi connectivity index (χ2n) is 7.04. The number of esters is 1. The molecule has 0 aromatic heterocycles. The maximum atomic E-state index is 12.7. The lowest BCUT2D eigenvalue weighted by Crippen LogP contribution is -2.48. The number of carbonyl (C=O) groups excluding carboxylic acids is 3. The van der Waals surface area contributed by atoms with E-state index in [1.54, 1.807) is 38.1 Å². The molecule has 6 heteroatoms. The van der Waals surface area contributed by atoms with Crippen LogP contribution in [-0.4, -0.2) is 41.9 Å². The molecule has 28 heavy (non-hydrogen) atoms. The van der Waals surface area contributed by atoms with E-state index >= 15 is 0 Å². The third-order valence-electron chi connectivity index (χ3n) is 4.59. The Morgan fingerprint density at radius 3 is 2.04 bits per heavy atom. The van der Waals surface area contributed by atoms with Crippen LogP contribution in [0.4, 0.5) is 0 Å². The molecule has 1 atom stereocenters. The van der Waals surface area contributed by atoms with E-state index in [0.717, 1.165) is 10.5 Å². The fraction of sp³-hybridized carbons (Fsp3) is 0.318. The van der Waals surface area contributed by atoms with Gasteiger partial charge in [-0.2, -0.15) is 0 Å². The van der Waals surface area contributed by atoms with Gasteiger partial charge in [-0.3, -0.25) is 14.5 Å². The number of ether oxygens (including phenoxy) is 2. The molecule has 0 N–H and O–H groups in total. The van der Waals surface area contributed by atoms with Crippen molar-refractivity contribution in [3.8, 4) is 5.75 Å². The van der Waals surface area contributed by atoms with E-state index in [1.165, 1.54) is 0 Å². The molecule has 2 amide bonds.